The number of halogens is 2. The van der Waals surface area contributed by atoms with Crippen LogP contribution in [-0.2, 0) is 32.7 Å². The Morgan fingerprint density at radius 1 is 1.17 bits per heavy atom. The summed E-state index contributed by atoms with van der Waals surface area (Å²) in [5.74, 6) is 3.88. The van der Waals surface area contributed by atoms with Crippen LogP contribution in [0.15, 0.2) is 47.5 Å². The molecule has 41 heavy (non-hydrogen) atoms. The number of hydrogen-bond acceptors (Lipinski definition) is 7. The smallest absolute Gasteiger partial charge is 0.407 e. The van der Waals surface area contributed by atoms with Crippen LogP contribution in [0.3, 0.4) is 0 Å². The van der Waals surface area contributed by atoms with Crippen molar-refractivity contribution in [3.8, 4) is 0 Å². The standard InChI is InChI=1S/C30H39F2N5O4/c1-29(2,3)41-28(39)35-25(17-27(38)37-13-12-34-26(18-37)36-33)30(11-14-40-19-20-7-5-4-6-8-20)10-9-21-15-23(31)24(32)16-22(21)30/h4-8,15-16,25H,9-14,17-19,33H2,1-3H3,(H,34,36)(H,35,39). The van der Waals surface area contributed by atoms with E-state index in [2.05, 4.69) is 15.7 Å². The number of fused-ring (bicyclic) bond motifs is 1. The average Bonchev–Trinajstić information content (AvgIpc) is 3.28. The van der Waals surface area contributed by atoms with E-state index in [0.29, 0.717) is 55.9 Å². The van der Waals surface area contributed by atoms with Gasteiger partial charge in [-0.15, -0.1) is 0 Å². The number of hydrogen-bond donors (Lipinski definition) is 3. The molecule has 1 aliphatic carbocycles. The van der Waals surface area contributed by atoms with Crippen LogP contribution < -0.4 is 16.6 Å². The van der Waals surface area contributed by atoms with Gasteiger partial charge in [-0.05, 0) is 68.9 Å². The molecule has 2 atom stereocenters. The Morgan fingerprint density at radius 2 is 1.90 bits per heavy atom. The minimum Gasteiger partial charge on any atom is -0.444 e. The Morgan fingerprint density at radius 3 is 2.61 bits per heavy atom. The number of carbonyl (C=O) groups excluding carboxylic acids is 2. The lowest BCUT2D eigenvalue weighted by Gasteiger charge is -2.40. The first kappa shape index (κ1) is 30.4. The minimum absolute atomic E-state index is 0.0891. The van der Waals surface area contributed by atoms with Gasteiger partial charge < -0.3 is 25.1 Å². The second-order valence-corrected chi connectivity index (χ2v) is 11.6. The zero-order valence-electron chi connectivity index (χ0n) is 23.8. The summed E-state index contributed by atoms with van der Waals surface area (Å²) in [6, 6.07) is 11.3. The number of alkyl carbamates (subject to hydrolysis) is 1. The van der Waals surface area contributed by atoms with E-state index in [1.807, 2.05) is 30.3 Å². The van der Waals surface area contributed by atoms with Crippen LogP contribution in [0.4, 0.5) is 13.6 Å². The number of nitrogens with two attached hydrogens (primary N) is 1. The number of amides is 2. The number of aryl methyl sites for hydroxylation is 1. The largest absolute Gasteiger partial charge is 0.444 e. The summed E-state index contributed by atoms with van der Waals surface area (Å²) in [5, 5.41) is 2.93. The molecule has 9 nitrogen and oxygen atoms in total. The minimum atomic E-state index is -0.978. The molecular weight excluding hydrogens is 532 g/mol. The summed E-state index contributed by atoms with van der Waals surface area (Å²) in [6.07, 6.45) is 0.506. The lowest BCUT2D eigenvalue weighted by Crippen LogP contribution is -2.55. The summed E-state index contributed by atoms with van der Waals surface area (Å²) in [4.78, 5) is 32.6. The number of rotatable bonds is 9. The molecule has 0 radical (unpaired) electrons. The van der Waals surface area contributed by atoms with Crippen molar-refractivity contribution >= 4 is 17.8 Å². The van der Waals surface area contributed by atoms with Crippen LogP contribution in [0, 0.1) is 11.6 Å². The Bertz CT molecular complexity index is 1270. The Hall–Kier alpha value is -3.57. The van der Waals surface area contributed by atoms with Crippen molar-refractivity contribution in [2.45, 2.75) is 70.1 Å². The van der Waals surface area contributed by atoms with Gasteiger partial charge in [0.1, 0.15) is 11.4 Å². The molecule has 0 saturated carbocycles. The number of nitrogens with one attached hydrogen (secondary N) is 2. The molecule has 0 aromatic heterocycles. The number of nitrogens with zero attached hydrogens (tertiary/aromatic N) is 2. The fourth-order valence-corrected chi connectivity index (χ4v) is 5.62. The van der Waals surface area contributed by atoms with Crippen molar-refractivity contribution in [1.29, 1.82) is 0 Å². The average molecular weight is 572 g/mol. The summed E-state index contributed by atoms with van der Waals surface area (Å²) < 4.78 is 40.5. The maximum atomic E-state index is 14.7. The molecule has 2 aliphatic rings. The topological polar surface area (TPSA) is 118 Å². The van der Waals surface area contributed by atoms with Crippen LogP contribution in [0.2, 0.25) is 0 Å². The fraction of sp³-hybridized carbons (Fsp3) is 0.500. The molecule has 4 rings (SSSR count). The van der Waals surface area contributed by atoms with Crippen LogP contribution in [0.5, 0.6) is 0 Å². The van der Waals surface area contributed by atoms with Gasteiger partial charge in [-0.1, -0.05) is 30.3 Å². The molecule has 2 amide bonds. The van der Waals surface area contributed by atoms with Gasteiger partial charge in [0, 0.05) is 25.0 Å². The normalized spacial score (nSPS) is 19.3. The molecule has 4 N–H and O–H groups in total. The van der Waals surface area contributed by atoms with E-state index in [-0.39, 0.29) is 25.5 Å². The molecule has 0 bridgehead atoms. The van der Waals surface area contributed by atoms with Crippen molar-refractivity contribution < 1.29 is 27.8 Å². The number of ether oxygens (including phenoxy) is 2. The van der Waals surface area contributed by atoms with Crippen LogP contribution >= 0.6 is 0 Å². The zero-order valence-corrected chi connectivity index (χ0v) is 23.8. The molecule has 2 unspecified atom stereocenters. The first-order chi connectivity index (χ1) is 19.5. The third-order valence-corrected chi connectivity index (χ3v) is 7.60. The quantitative estimate of drug-likeness (QED) is 0.240. The van der Waals surface area contributed by atoms with Gasteiger partial charge in [0.2, 0.25) is 5.91 Å². The van der Waals surface area contributed by atoms with Gasteiger partial charge in [0.25, 0.3) is 0 Å². The van der Waals surface area contributed by atoms with E-state index in [1.54, 1.807) is 25.7 Å². The number of aliphatic imine (C=N–C) groups is 1. The molecule has 222 valence electrons. The third kappa shape index (κ3) is 7.59. The van der Waals surface area contributed by atoms with Crippen molar-refractivity contribution in [3.05, 3.63) is 70.8 Å². The monoisotopic (exact) mass is 571 g/mol. The summed E-state index contributed by atoms with van der Waals surface area (Å²) >= 11 is 0. The van der Waals surface area contributed by atoms with Gasteiger partial charge in [0.05, 0.1) is 25.7 Å². The first-order valence-electron chi connectivity index (χ1n) is 13.9. The Labute approximate surface area is 239 Å². The number of benzene rings is 2. The lowest BCUT2D eigenvalue weighted by atomic mass is 9.71. The van der Waals surface area contributed by atoms with E-state index in [0.717, 1.165) is 5.56 Å². The Balaban J connectivity index is 1.65. The lowest BCUT2D eigenvalue weighted by molar-refractivity contribution is -0.131. The molecule has 0 saturated heterocycles. The zero-order chi connectivity index (χ0) is 29.6. The second kappa shape index (κ2) is 12.9. The molecule has 2 aromatic carbocycles. The molecule has 11 heteroatoms. The predicted molar refractivity (Wildman–Crippen MR) is 151 cm³/mol. The van der Waals surface area contributed by atoms with E-state index in [1.165, 1.54) is 12.1 Å². The van der Waals surface area contributed by atoms with Crippen molar-refractivity contribution in [2.24, 2.45) is 10.8 Å². The first-order valence-corrected chi connectivity index (χ1v) is 13.9. The molecule has 1 aliphatic heterocycles. The summed E-state index contributed by atoms with van der Waals surface area (Å²) in [7, 11) is 0. The predicted octanol–water partition coefficient (Wildman–Crippen LogP) is 3.74. The van der Waals surface area contributed by atoms with Crippen molar-refractivity contribution in [2.75, 3.05) is 26.2 Å². The molecule has 0 fully saturated rings. The third-order valence-electron chi connectivity index (χ3n) is 7.60. The van der Waals surface area contributed by atoms with E-state index < -0.39 is 34.8 Å². The van der Waals surface area contributed by atoms with Gasteiger partial charge in [-0.25, -0.2) is 19.4 Å². The highest BCUT2D eigenvalue weighted by Gasteiger charge is 2.47. The van der Waals surface area contributed by atoms with Gasteiger partial charge >= 0.3 is 6.09 Å². The highest BCUT2D eigenvalue weighted by molar-refractivity contribution is 5.89. The maximum absolute atomic E-state index is 14.7. The van der Waals surface area contributed by atoms with Gasteiger partial charge in [-0.2, -0.15) is 0 Å². The molecular formula is C30H39F2N5O4. The van der Waals surface area contributed by atoms with E-state index in [4.69, 9.17) is 15.3 Å². The fourth-order valence-electron chi connectivity index (χ4n) is 5.62. The van der Waals surface area contributed by atoms with Gasteiger partial charge in [-0.3, -0.25) is 9.79 Å². The number of amidine groups is 1. The molecule has 2 aromatic rings. The second-order valence-electron chi connectivity index (χ2n) is 11.6. The summed E-state index contributed by atoms with van der Waals surface area (Å²) in [6.45, 7) is 6.87. The number of hydrazine groups is 1. The Kier molecular flexibility index (Phi) is 9.60. The highest BCUT2D eigenvalue weighted by Crippen LogP contribution is 2.46. The van der Waals surface area contributed by atoms with E-state index >= 15 is 0 Å². The molecule has 1 heterocycles. The van der Waals surface area contributed by atoms with Crippen molar-refractivity contribution in [3.63, 3.8) is 0 Å². The highest BCUT2D eigenvalue weighted by atomic mass is 19.2. The maximum Gasteiger partial charge on any atom is 0.407 e. The van der Waals surface area contributed by atoms with Crippen LogP contribution in [0.25, 0.3) is 0 Å². The van der Waals surface area contributed by atoms with E-state index in [9.17, 15) is 18.4 Å². The van der Waals surface area contributed by atoms with Crippen LogP contribution in [0.1, 0.15) is 56.7 Å². The van der Waals surface area contributed by atoms with Crippen molar-refractivity contribution in [1.82, 2.24) is 15.6 Å². The van der Waals surface area contributed by atoms with Gasteiger partial charge in [0.15, 0.2) is 11.6 Å². The SMILES string of the molecule is CC(C)(C)OC(=O)NC(CC(=O)N1CCN=C(NN)C1)C1(CCOCc2ccccc2)CCc2cc(F)c(F)cc21. The summed E-state index contributed by atoms with van der Waals surface area (Å²) in [5.41, 5.74) is 3.03. The number of carbonyl (C=O) groups is 2. The van der Waals surface area contributed by atoms with Crippen LogP contribution in [-0.4, -0.2) is 60.6 Å². The molecule has 0 spiro atoms.